The molecular weight excluding hydrogens is 386 g/mol. The van der Waals surface area contributed by atoms with E-state index in [1.165, 1.54) is 4.90 Å². The van der Waals surface area contributed by atoms with Gasteiger partial charge in [0, 0.05) is 18.7 Å². The van der Waals surface area contributed by atoms with Crippen molar-refractivity contribution in [1.82, 2.24) is 4.90 Å². The summed E-state index contributed by atoms with van der Waals surface area (Å²) in [6, 6.07) is 9.69. The summed E-state index contributed by atoms with van der Waals surface area (Å²) in [6.45, 7) is 4.95. The Morgan fingerprint density at radius 1 is 1.27 bits per heavy atom. The molecule has 1 N–H and O–H groups in total. The van der Waals surface area contributed by atoms with Crippen molar-refractivity contribution in [3.63, 3.8) is 0 Å². The first kappa shape index (κ1) is 20.2. The Balaban J connectivity index is 1.79. The van der Waals surface area contributed by atoms with E-state index in [0.29, 0.717) is 30.3 Å². The Hall–Kier alpha value is -3.06. The van der Waals surface area contributed by atoms with Gasteiger partial charge in [0.15, 0.2) is 11.5 Å². The minimum Gasteiger partial charge on any atom is -0.503 e. The molecule has 1 fully saturated rings. The Morgan fingerprint density at radius 3 is 2.73 bits per heavy atom. The van der Waals surface area contributed by atoms with E-state index < -0.39 is 23.5 Å². The molecule has 1 amide bonds. The molecule has 0 bridgehead atoms. The van der Waals surface area contributed by atoms with Crippen LogP contribution in [0.5, 0.6) is 5.75 Å². The van der Waals surface area contributed by atoms with Crippen LogP contribution in [0, 0.1) is 6.92 Å². The molecule has 1 saturated heterocycles. The summed E-state index contributed by atoms with van der Waals surface area (Å²) < 4.78 is 17.0. The SMILES string of the molecule is CCOc1ccccc1C1C(C(=O)c2ccc(C)o2)=C(O)C(=O)N1CC1CCCO1. The van der Waals surface area contributed by atoms with Gasteiger partial charge in [0.2, 0.25) is 5.78 Å². The lowest BCUT2D eigenvalue weighted by atomic mass is 9.94. The molecule has 4 rings (SSSR count). The fraction of sp³-hybridized carbons (Fsp3) is 0.391. The summed E-state index contributed by atoms with van der Waals surface area (Å²) in [5, 5.41) is 10.7. The highest BCUT2D eigenvalue weighted by Crippen LogP contribution is 2.43. The van der Waals surface area contributed by atoms with Crippen LogP contribution in [0.3, 0.4) is 0 Å². The molecule has 2 unspecified atom stereocenters. The Morgan fingerprint density at radius 2 is 2.07 bits per heavy atom. The highest BCUT2D eigenvalue weighted by atomic mass is 16.5. The van der Waals surface area contributed by atoms with Gasteiger partial charge in [-0.2, -0.15) is 0 Å². The van der Waals surface area contributed by atoms with Crippen LogP contribution < -0.4 is 4.74 Å². The van der Waals surface area contributed by atoms with Crippen molar-refractivity contribution in [1.29, 1.82) is 0 Å². The summed E-state index contributed by atoms with van der Waals surface area (Å²) in [5.74, 6) is -0.437. The third kappa shape index (κ3) is 3.61. The molecule has 7 nitrogen and oxygen atoms in total. The number of rotatable bonds is 7. The van der Waals surface area contributed by atoms with E-state index in [4.69, 9.17) is 13.9 Å². The van der Waals surface area contributed by atoms with Crippen LogP contribution >= 0.6 is 0 Å². The molecule has 0 aliphatic carbocycles. The molecule has 0 saturated carbocycles. The van der Waals surface area contributed by atoms with Gasteiger partial charge in [-0.15, -0.1) is 0 Å². The minimum absolute atomic E-state index is 0.000463. The Labute approximate surface area is 174 Å². The van der Waals surface area contributed by atoms with Crippen molar-refractivity contribution >= 4 is 11.7 Å². The van der Waals surface area contributed by atoms with Crippen molar-refractivity contribution in [2.75, 3.05) is 19.8 Å². The molecule has 2 aliphatic rings. The summed E-state index contributed by atoms with van der Waals surface area (Å²) in [7, 11) is 0. The molecule has 7 heteroatoms. The van der Waals surface area contributed by atoms with Crippen LogP contribution in [-0.4, -0.2) is 47.6 Å². The lowest BCUT2D eigenvalue weighted by Crippen LogP contribution is -2.37. The van der Waals surface area contributed by atoms with Gasteiger partial charge in [0.05, 0.1) is 24.3 Å². The zero-order chi connectivity index (χ0) is 21.3. The number of ketones is 1. The van der Waals surface area contributed by atoms with Crippen molar-refractivity contribution < 1.29 is 28.6 Å². The maximum atomic E-state index is 13.3. The second-order valence-corrected chi connectivity index (χ2v) is 7.47. The van der Waals surface area contributed by atoms with Crippen molar-refractivity contribution in [2.45, 2.75) is 38.8 Å². The lowest BCUT2D eigenvalue weighted by Gasteiger charge is -2.29. The number of hydrogen-bond donors (Lipinski definition) is 1. The zero-order valence-corrected chi connectivity index (χ0v) is 17.1. The zero-order valence-electron chi connectivity index (χ0n) is 17.1. The van der Waals surface area contributed by atoms with Gasteiger partial charge in [-0.3, -0.25) is 9.59 Å². The van der Waals surface area contributed by atoms with E-state index in [2.05, 4.69) is 0 Å². The van der Waals surface area contributed by atoms with Crippen LogP contribution in [-0.2, 0) is 9.53 Å². The Bertz CT molecular complexity index is 985. The summed E-state index contributed by atoms with van der Waals surface area (Å²) in [5.41, 5.74) is 0.640. The van der Waals surface area contributed by atoms with E-state index >= 15 is 0 Å². The third-order valence-electron chi connectivity index (χ3n) is 5.45. The van der Waals surface area contributed by atoms with E-state index in [1.54, 1.807) is 25.1 Å². The van der Waals surface area contributed by atoms with Gasteiger partial charge >= 0.3 is 0 Å². The monoisotopic (exact) mass is 411 g/mol. The molecule has 0 spiro atoms. The van der Waals surface area contributed by atoms with Crippen molar-refractivity contribution in [3.8, 4) is 5.75 Å². The van der Waals surface area contributed by atoms with Crippen LogP contribution in [0.25, 0.3) is 0 Å². The van der Waals surface area contributed by atoms with E-state index in [-0.39, 0.29) is 24.0 Å². The van der Waals surface area contributed by atoms with Gasteiger partial charge in [0.1, 0.15) is 11.5 Å². The van der Waals surface area contributed by atoms with Gasteiger partial charge in [0.25, 0.3) is 5.91 Å². The minimum atomic E-state index is -0.789. The topological polar surface area (TPSA) is 89.2 Å². The van der Waals surface area contributed by atoms with Crippen LogP contribution in [0.2, 0.25) is 0 Å². The number of Topliss-reactive ketones (excluding diaryl/α,β-unsaturated/α-hetero) is 1. The lowest BCUT2D eigenvalue weighted by molar-refractivity contribution is -0.131. The summed E-state index contributed by atoms with van der Waals surface area (Å²) in [4.78, 5) is 27.8. The second kappa shape index (κ2) is 8.36. The number of carbonyl (C=O) groups excluding carboxylic acids is 2. The molecule has 1 aromatic carbocycles. The predicted molar refractivity (Wildman–Crippen MR) is 108 cm³/mol. The normalized spacial score (nSPS) is 21.5. The number of aryl methyl sites for hydroxylation is 1. The number of benzene rings is 1. The number of furan rings is 1. The van der Waals surface area contributed by atoms with Crippen LogP contribution in [0.1, 0.15) is 47.7 Å². The predicted octanol–water partition coefficient (Wildman–Crippen LogP) is 3.74. The average molecular weight is 411 g/mol. The summed E-state index contributed by atoms with van der Waals surface area (Å²) >= 11 is 0. The smallest absolute Gasteiger partial charge is 0.290 e. The molecule has 0 radical (unpaired) electrons. The number of ether oxygens (including phenoxy) is 2. The first-order chi connectivity index (χ1) is 14.5. The van der Waals surface area contributed by atoms with Crippen LogP contribution in [0.15, 0.2) is 52.1 Å². The van der Waals surface area contributed by atoms with Gasteiger partial charge in [-0.05, 0) is 44.9 Å². The van der Waals surface area contributed by atoms with E-state index in [0.717, 1.165) is 12.8 Å². The Kier molecular flexibility index (Phi) is 5.63. The highest BCUT2D eigenvalue weighted by molar-refractivity contribution is 6.15. The number of aliphatic hydroxyl groups excluding tert-OH is 1. The number of amides is 1. The van der Waals surface area contributed by atoms with Crippen LogP contribution in [0.4, 0.5) is 0 Å². The standard InChI is InChI=1S/C23H25NO6/c1-3-28-17-9-5-4-8-16(17)20-19(21(25)18-11-10-14(2)30-18)22(26)23(27)24(20)13-15-7-6-12-29-15/h4-5,8-11,15,20,26H,3,6-7,12-13H2,1-2H3. The fourth-order valence-electron chi connectivity index (χ4n) is 4.09. The largest absolute Gasteiger partial charge is 0.503 e. The second-order valence-electron chi connectivity index (χ2n) is 7.47. The van der Waals surface area contributed by atoms with Crippen molar-refractivity contribution in [3.05, 3.63) is 64.8 Å². The quantitative estimate of drug-likeness (QED) is 0.698. The maximum Gasteiger partial charge on any atom is 0.290 e. The highest BCUT2D eigenvalue weighted by Gasteiger charge is 2.46. The molecular formula is C23H25NO6. The van der Waals surface area contributed by atoms with E-state index in [9.17, 15) is 14.7 Å². The molecule has 158 valence electrons. The first-order valence-electron chi connectivity index (χ1n) is 10.2. The van der Waals surface area contributed by atoms with Gasteiger partial charge in [-0.1, -0.05) is 18.2 Å². The molecule has 1 aromatic heterocycles. The van der Waals surface area contributed by atoms with Crippen molar-refractivity contribution in [2.24, 2.45) is 0 Å². The number of aliphatic hydroxyl groups is 1. The molecule has 2 aliphatic heterocycles. The fourth-order valence-corrected chi connectivity index (χ4v) is 4.09. The average Bonchev–Trinajstić information content (AvgIpc) is 3.46. The molecule has 30 heavy (non-hydrogen) atoms. The number of hydrogen-bond acceptors (Lipinski definition) is 6. The molecule has 2 atom stereocenters. The number of nitrogens with zero attached hydrogens (tertiary/aromatic N) is 1. The molecule has 2 aromatic rings. The summed E-state index contributed by atoms with van der Waals surface area (Å²) in [6.07, 6.45) is 1.61. The van der Waals surface area contributed by atoms with E-state index in [1.807, 2.05) is 25.1 Å². The number of carbonyl (C=O) groups is 2. The van der Waals surface area contributed by atoms with Gasteiger partial charge < -0.3 is 23.9 Å². The molecule has 3 heterocycles. The number of para-hydroxylation sites is 1. The first-order valence-corrected chi connectivity index (χ1v) is 10.2. The third-order valence-corrected chi connectivity index (χ3v) is 5.45. The van der Waals surface area contributed by atoms with Gasteiger partial charge in [-0.25, -0.2) is 0 Å². The maximum absolute atomic E-state index is 13.3.